The zero-order valence-electron chi connectivity index (χ0n) is 17.3. The van der Waals surface area contributed by atoms with Crippen LogP contribution in [0.2, 0.25) is 0 Å². The number of amides is 3. The fourth-order valence-electron chi connectivity index (χ4n) is 3.57. The number of carbonyl (C=O) groups is 2. The Bertz CT molecular complexity index is 834. The molecule has 0 spiro atoms. The summed E-state index contributed by atoms with van der Waals surface area (Å²) in [5.41, 5.74) is 2.29. The van der Waals surface area contributed by atoms with Crippen LogP contribution in [0, 0.1) is 0 Å². The quantitative estimate of drug-likeness (QED) is 0.777. The number of nitrogens with zero attached hydrogens (tertiary/aromatic N) is 1. The summed E-state index contributed by atoms with van der Waals surface area (Å²) < 4.78 is 5.64. The first-order valence-corrected chi connectivity index (χ1v) is 10.0. The molecule has 0 saturated carbocycles. The molecular formula is C23H29N3O3. The van der Waals surface area contributed by atoms with Crippen LogP contribution in [0.4, 0.5) is 16.2 Å². The summed E-state index contributed by atoms with van der Waals surface area (Å²) in [6, 6.07) is 16.8. The lowest BCUT2D eigenvalue weighted by atomic mass is 10.0. The van der Waals surface area contributed by atoms with Gasteiger partial charge in [-0.3, -0.25) is 4.79 Å². The van der Waals surface area contributed by atoms with E-state index >= 15 is 0 Å². The van der Waals surface area contributed by atoms with Crippen molar-refractivity contribution in [2.75, 3.05) is 23.4 Å². The van der Waals surface area contributed by atoms with Gasteiger partial charge in [-0.2, -0.15) is 0 Å². The maximum Gasteiger partial charge on any atom is 0.319 e. The molecule has 0 bridgehead atoms. The Morgan fingerprint density at radius 3 is 2.38 bits per heavy atom. The smallest absolute Gasteiger partial charge is 0.319 e. The van der Waals surface area contributed by atoms with Crippen molar-refractivity contribution >= 4 is 23.3 Å². The van der Waals surface area contributed by atoms with Crippen LogP contribution < -0.4 is 15.5 Å². The fraction of sp³-hybridized carbons (Fsp3) is 0.391. The molecule has 0 aromatic heterocycles. The molecule has 1 atom stereocenters. The summed E-state index contributed by atoms with van der Waals surface area (Å²) in [7, 11) is 0. The van der Waals surface area contributed by atoms with Crippen LogP contribution in [-0.2, 0) is 16.0 Å². The number of carbonyl (C=O) groups excluding carboxylic acids is 2. The van der Waals surface area contributed by atoms with Crippen molar-refractivity contribution in [2.24, 2.45) is 0 Å². The fourth-order valence-corrected chi connectivity index (χ4v) is 3.57. The topological polar surface area (TPSA) is 70.7 Å². The molecular weight excluding hydrogens is 366 g/mol. The highest BCUT2D eigenvalue weighted by atomic mass is 16.5. The molecule has 3 amide bonds. The minimum Gasteiger partial charge on any atom is -0.373 e. The summed E-state index contributed by atoms with van der Waals surface area (Å²) >= 11 is 0. The van der Waals surface area contributed by atoms with Crippen LogP contribution in [0.25, 0.3) is 0 Å². The second-order valence-corrected chi connectivity index (χ2v) is 7.92. The highest BCUT2D eigenvalue weighted by molar-refractivity contribution is 5.95. The number of hydrogen-bond acceptors (Lipinski definition) is 3. The number of likely N-dealkylation sites (N-methyl/N-ethyl adjacent to an activating group) is 1. The monoisotopic (exact) mass is 395 g/mol. The standard InChI is InChI=1S/C23H29N3O3/c1-4-26(20-8-6-5-7-9-20)21(27)14-17-10-12-18(13-11-17)24-22(28)25-19-15-23(2,3)29-16-19/h5-13,19H,4,14-16H2,1-3H3,(H2,24,25,28). The van der Waals surface area contributed by atoms with E-state index in [4.69, 9.17) is 4.74 Å². The van der Waals surface area contributed by atoms with Gasteiger partial charge in [-0.05, 0) is 57.0 Å². The van der Waals surface area contributed by atoms with Gasteiger partial charge in [0.1, 0.15) is 0 Å². The third-order valence-corrected chi connectivity index (χ3v) is 5.00. The molecule has 1 fully saturated rings. The van der Waals surface area contributed by atoms with E-state index in [-0.39, 0.29) is 23.6 Å². The van der Waals surface area contributed by atoms with Gasteiger partial charge in [0.25, 0.3) is 0 Å². The average molecular weight is 396 g/mol. The van der Waals surface area contributed by atoms with Crippen LogP contribution in [0.3, 0.4) is 0 Å². The van der Waals surface area contributed by atoms with Gasteiger partial charge in [-0.15, -0.1) is 0 Å². The van der Waals surface area contributed by atoms with E-state index in [1.54, 1.807) is 4.90 Å². The lowest BCUT2D eigenvalue weighted by Gasteiger charge is -2.21. The summed E-state index contributed by atoms with van der Waals surface area (Å²) in [6.07, 6.45) is 1.10. The molecule has 1 heterocycles. The second-order valence-electron chi connectivity index (χ2n) is 7.92. The van der Waals surface area contributed by atoms with Gasteiger partial charge in [0.05, 0.1) is 24.7 Å². The van der Waals surface area contributed by atoms with Crippen molar-refractivity contribution in [2.45, 2.75) is 45.3 Å². The van der Waals surface area contributed by atoms with Crippen LogP contribution in [0.15, 0.2) is 54.6 Å². The second kappa shape index (κ2) is 9.09. The average Bonchev–Trinajstić information content (AvgIpc) is 3.03. The molecule has 3 rings (SSSR count). The van der Waals surface area contributed by atoms with E-state index in [9.17, 15) is 9.59 Å². The van der Waals surface area contributed by atoms with Crippen molar-refractivity contribution in [3.8, 4) is 0 Å². The zero-order chi connectivity index (χ0) is 20.9. The summed E-state index contributed by atoms with van der Waals surface area (Å²) in [4.78, 5) is 26.6. The molecule has 1 saturated heterocycles. The van der Waals surface area contributed by atoms with E-state index in [1.165, 1.54) is 0 Å². The van der Waals surface area contributed by atoms with E-state index < -0.39 is 0 Å². The van der Waals surface area contributed by atoms with Crippen LogP contribution >= 0.6 is 0 Å². The molecule has 0 radical (unpaired) electrons. The molecule has 1 aliphatic heterocycles. The lowest BCUT2D eigenvalue weighted by molar-refractivity contribution is -0.117. The number of rotatable bonds is 6. The first kappa shape index (κ1) is 20.9. The Morgan fingerprint density at radius 2 is 1.79 bits per heavy atom. The number of anilines is 2. The third kappa shape index (κ3) is 5.81. The minimum atomic E-state index is -0.249. The number of ether oxygens (including phenoxy) is 1. The normalized spacial score (nSPS) is 17.6. The van der Waals surface area contributed by atoms with E-state index in [1.807, 2.05) is 75.4 Å². The third-order valence-electron chi connectivity index (χ3n) is 5.00. The molecule has 2 N–H and O–H groups in total. The molecule has 2 aromatic carbocycles. The van der Waals surface area contributed by atoms with Gasteiger partial charge >= 0.3 is 6.03 Å². The van der Waals surface area contributed by atoms with Crippen molar-refractivity contribution in [3.05, 3.63) is 60.2 Å². The van der Waals surface area contributed by atoms with Gasteiger partial charge in [-0.25, -0.2) is 4.79 Å². The van der Waals surface area contributed by atoms with Gasteiger partial charge in [0.15, 0.2) is 0 Å². The first-order chi connectivity index (χ1) is 13.9. The van der Waals surface area contributed by atoms with Crippen molar-refractivity contribution in [1.82, 2.24) is 5.32 Å². The molecule has 6 nitrogen and oxygen atoms in total. The van der Waals surface area contributed by atoms with Crippen molar-refractivity contribution < 1.29 is 14.3 Å². The number of nitrogens with one attached hydrogen (secondary N) is 2. The van der Waals surface area contributed by atoms with Crippen LogP contribution in [0.1, 0.15) is 32.8 Å². The summed E-state index contributed by atoms with van der Waals surface area (Å²) in [5.74, 6) is 0.0426. The molecule has 29 heavy (non-hydrogen) atoms. The van der Waals surface area contributed by atoms with Gasteiger partial charge in [-0.1, -0.05) is 30.3 Å². The SMILES string of the molecule is CCN(C(=O)Cc1ccc(NC(=O)NC2COC(C)(C)C2)cc1)c1ccccc1. The van der Waals surface area contributed by atoms with Gasteiger partial charge in [0.2, 0.25) is 5.91 Å². The molecule has 6 heteroatoms. The largest absolute Gasteiger partial charge is 0.373 e. The Labute approximate surface area is 172 Å². The number of urea groups is 1. The van der Waals surface area contributed by atoms with Crippen LogP contribution in [0.5, 0.6) is 0 Å². The Kier molecular flexibility index (Phi) is 6.54. The molecule has 0 aliphatic carbocycles. The lowest BCUT2D eigenvalue weighted by Crippen LogP contribution is -2.38. The maximum absolute atomic E-state index is 12.7. The first-order valence-electron chi connectivity index (χ1n) is 10.0. The molecule has 154 valence electrons. The number of hydrogen-bond donors (Lipinski definition) is 2. The molecule has 1 unspecified atom stereocenters. The van der Waals surface area contributed by atoms with Gasteiger partial charge < -0.3 is 20.3 Å². The minimum absolute atomic E-state index is 0.0138. The van der Waals surface area contributed by atoms with Crippen LogP contribution in [-0.4, -0.2) is 36.7 Å². The molecule has 2 aromatic rings. The Hall–Kier alpha value is -2.86. The number of para-hydroxylation sites is 1. The Morgan fingerprint density at radius 1 is 1.10 bits per heavy atom. The van der Waals surface area contributed by atoms with E-state index in [0.717, 1.165) is 17.7 Å². The Balaban J connectivity index is 1.53. The van der Waals surface area contributed by atoms with Gasteiger partial charge in [0, 0.05) is 17.9 Å². The number of benzene rings is 2. The van der Waals surface area contributed by atoms with E-state index in [0.29, 0.717) is 25.3 Å². The highest BCUT2D eigenvalue weighted by Gasteiger charge is 2.32. The molecule has 1 aliphatic rings. The summed E-state index contributed by atoms with van der Waals surface area (Å²) in [6.45, 7) is 7.14. The highest BCUT2D eigenvalue weighted by Crippen LogP contribution is 2.24. The van der Waals surface area contributed by atoms with Crippen molar-refractivity contribution in [1.29, 1.82) is 0 Å². The van der Waals surface area contributed by atoms with E-state index in [2.05, 4.69) is 10.6 Å². The zero-order valence-corrected chi connectivity index (χ0v) is 17.3. The predicted octanol–water partition coefficient (Wildman–Crippen LogP) is 3.97. The predicted molar refractivity (Wildman–Crippen MR) is 115 cm³/mol. The maximum atomic E-state index is 12.7. The summed E-state index contributed by atoms with van der Waals surface area (Å²) in [5, 5.41) is 5.77. The van der Waals surface area contributed by atoms with Crippen molar-refractivity contribution in [3.63, 3.8) is 0 Å².